The van der Waals surface area contributed by atoms with Crippen molar-refractivity contribution in [3.63, 3.8) is 0 Å². The Kier molecular flexibility index (Phi) is 10.7. The molecule has 6 rings (SSSR count). The van der Waals surface area contributed by atoms with E-state index in [0.717, 1.165) is 50.0 Å². The van der Waals surface area contributed by atoms with Crippen LogP contribution >= 0.6 is 0 Å². The maximum Gasteiger partial charge on any atom is 0.265 e. The van der Waals surface area contributed by atoms with E-state index in [-0.39, 0.29) is 24.0 Å². The Morgan fingerprint density at radius 2 is 1.58 bits per heavy atom. The van der Waals surface area contributed by atoms with Crippen LogP contribution < -0.4 is 9.04 Å². The number of piperidine rings is 1. The smallest absolute Gasteiger partial charge is 0.265 e. The highest BCUT2D eigenvalue weighted by molar-refractivity contribution is 7.93. The van der Waals surface area contributed by atoms with Crippen molar-refractivity contribution < 1.29 is 27.4 Å². The number of benzene rings is 3. The Balaban J connectivity index is 1.11. The largest absolute Gasteiger partial charge is 0.497 e. The van der Waals surface area contributed by atoms with E-state index in [1.54, 1.807) is 33.1 Å². The van der Waals surface area contributed by atoms with Crippen molar-refractivity contribution in [2.75, 3.05) is 64.0 Å². The van der Waals surface area contributed by atoms with Gasteiger partial charge in [0.1, 0.15) is 12.4 Å². The first kappa shape index (κ1) is 34.4. The van der Waals surface area contributed by atoms with Gasteiger partial charge in [-0.2, -0.15) is 0 Å². The van der Waals surface area contributed by atoms with Crippen molar-refractivity contribution >= 4 is 21.6 Å². The molecule has 0 spiro atoms. The number of para-hydroxylation sites is 1. The molecule has 0 unspecified atom stereocenters. The molecular formula is C38H49N3O6S. The van der Waals surface area contributed by atoms with Gasteiger partial charge in [-0.05, 0) is 106 Å². The Bertz CT molecular complexity index is 1640. The SMILES string of the molecule is COc1cc(C)c(S(=O)(=O)N2c3ccccc3CC[C@H]2COCC(=O)N2CCC(OCCN3CCCC3)(c3ccccc3)CC2)c(C)c1. The van der Waals surface area contributed by atoms with Crippen LogP contribution in [0, 0.1) is 13.8 Å². The van der Waals surface area contributed by atoms with Crippen molar-refractivity contribution in [3.05, 3.63) is 89.0 Å². The first-order chi connectivity index (χ1) is 23.2. The molecule has 3 aromatic carbocycles. The number of anilines is 1. The standard InChI is InChI=1S/C38H49N3O6S/c1-29-25-34(45-3)26-30(2)37(29)48(43,44)41-33(16-15-31-11-7-8-14-35(31)41)27-46-28-36(42)40-21-17-38(18-22-40,32-12-5-4-6-13-32)47-24-23-39-19-9-10-20-39/h4-8,11-14,25-26,33H,9-10,15-24,27-28H2,1-3H3/t33-/m0/s1. The lowest BCUT2D eigenvalue weighted by molar-refractivity contribution is -0.144. The summed E-state index contributed by atoms with van der Waals surface area (Å²) in [4.78, 5) is 18.0. The first-order valence-corrected chi connectivity index (χ1v) is 18.7. The van der Waals surface area contributed by atoms with Gasteiger partial charge < -0.3 is 24.0 Å². The maximum atomic E-state index is 14.4. The van der Waals surface area contributed by atoms with Crippen LogP contribution in [-0.2, 0) is 36.3 Å². The van der Waals surface area contributed by atoms with Gasteiger partial charge in [-0.3, -0.25) is 9.10 Å². The lowest BCUT2D eigenvalue weighted by Gasteiger charge is -2.42. The average molecular weight is 676 g/mol. The number of hydrogen-bond donors (Lipinski definition) is 0. The number of carbonyl (C=O) groups is 1. The minimum absolute atomic E-state index is 0.0822. The van der Waals surface area contributed by atoms with Gasteiger partial charge in [-0.25, -0.2) is 8.42 Å². The highest BCUT2D eigenvalue weighted by Gasteiger charge is 2.40. The number of sulfonamides is 1. The quantitative estimate of drug-likeness (QED) is 0.252. The third kappa shape index (κ3) is 7.27. The van der Waals surface area contributed by atoms with Crippen molar-refractivity contribution in [1.29, 1.82) is 0 Å². The van der Waals surface area contributed by atoms with Crippen LogP contribution in [0.15, 0.2) is 71.6 Å². The molecule has 0 aliphatic carbocycles. The number of aryl methyl sites for hydroxylation is 3. The molecule has 3 aromatic rings. The number of hydrogen-bond acceptors (Lipinski definition) is 7. The number of carbonyl (C=O) groups excluding carboxylic acids is 1. The van der Waals surface area contributed by atoms with E-state index >= 15 is 0 Å². The maximum absolute atomic E-state index is 14.4. The summed E-state index contributed by atoms with van der Waals surface area (Å²) in [6.45, 7) is 8.66. The summed E-state index contributed by atoms with van der Waals surface area (Å²) in [5, 5.41) is 0. The number of nitrogens with zero attached hydrogens (tertiary/aromatic N) is 3. The van der Waals surface area contributed by atoms with E-state index in [0.29, 0.717) is 48.7 Å². The molecule has 0 bridgehead atoms. The molecule has 258 valence electrons. The number of ether oxygens (including phenoxy) is 3. The second-order valence-electron chi connectivity index (χ2n) is 13.4. The molecule has 1 amide bonds. The van der Waals surface area contributed by atoms with Crippen LogP contribution in [-0.4, -0.2) is 89.8 Å². The van der Waals surface area contributed by atoms with Crippen molar-refractivity contribution in [1.82, 2.24) is 9.80 Å². The molecule has 0 saturated carbocycles. The molecule has 0 radical (unpaired) electrons. The highest BCUT2D eigenvalue weighted by atomic mass is 32.2. The highest BCUT2D eigenvalue weighted by Crippen LogP contribution is 2.39. The molecule has 3 aliphatic rings. The van der Waals surface area contributed by atoms with Gasteiger partial charge in [0.05, 0.1) is 42.5 Å². The number of fused-ring (bicyclic) bond motifs is 1. The van der Waals surface area contributed by atoms with Gasteiger partial charge in [0.2, 0.25) is 5.91 Å². The van der Waals surface area contributed by atoms with E-state index in [2.05, 4.69) is 29.2 Å². The normalized spacial score (nSPS) is 19.7. The van der Waals surface area contributed by atoms with Crippen LogP contribution in [0.2, 0.25) is 0 Å². The lowest BCUT2D eigenvalue weighted by Crippen LogP contribution is -2.49. The van der Waals surface area contributed by atoms with Gasteiger partial charge in [0, 0.05) is 19.6 Å². The lowest BCUT2D eigenvalue weighted by atomic mass is 9.84. The molecule has 2 saturated heterocycles. The zero-order valence-corrected chi connectivity index (χ0v) is 29.3. The number of likely N-dealkylation sites (tertiary alicyclic amines) is 2. The molecule has 3 heterocycles. The van der Waals surface area contributed by atoms with Gasteiger partial charge >= 0.3 is 0 Å². The summed E-state index contributed by atoms with van der Waals surface area (Å²) in [6.07, 6.45) is 5.27. The van der Waals surface area contributed by atoms with Crippen LogP contribution in [0.5, 0.6) is 5.75 Å². The van der Waals surface area contributed by atoms with Crippen LogP contribution in [0.25, 0.3) is 0 Å². The molecule has 1 atom stereocenters. The molecule has 3 aliphatic heterocycles. The summed E-state index contributed by atoms with van der Waals surface area (Å²) < 4.78 is 48.5. The van der Waals surface area contributed by atoms with E-state index < -0.39 is 21.7 Å². The van der Waals surface area contributed by atoms with Crippen LogP contribution in [0.3, 0.4) is 0 Å². The molecular weight excluding hydrogens is 627 g/mol. The van der Waals surface area contributed by atoms with E-state index in [4.69, 9.17) is 14.2 Å². The molecule has 10 heteroatoms. The van der Waals surface area contributed by atoms with E-state index in [1.165, 1.54) is 17.1 Å². The Morgan fingerprint density at radius 1 is 0.917 bits per heavy atom. The molecule has 0 N–H and O–H groups in total. The fourth-order valence-electron chi connectivity index (χ4n) is 7.71. The van der Waals surface area contributed by atoms with Crippen molar-refractivity contribution in [2.24, 2.45) is 0 Å². The summed E-state index contributed by atoms with van der Waals surface area (Å²) in [6, 6.07) is 21.1. The fraction of sp³-hybridized carbons (Fsp3) is 0.500. The third-order valence-electron chi connectivity index (χ3n) is 10.2. The summed E-state index contributed by atoms with van der Waals surface area (Å²) >= 11 is 0. The van der Waals surface area contributed by atoms with E-state index in [9.17, 15) is 13.2 Å². The first-order valence-electron chi connectivity index (χ1n) is 17.3. The van der Waals surface area contributed by atoms with Gasteiger partial charge in [0.25, 0.3) is 10.0 Å². The Morgan fingerprint density at radius 3 is 2.27 bits per heavy atom. The molecule has 2 fully saturated rings. The zero-order chi connectivity index (χ0) is 33.7. The summed E-state index contributed by atoms with van der Waals surface area (Å²) in [7, 11) is -2.37. The Labute approximate surface area is 285 Å². The number of methoxy groups -OCH3 is 1. The van der Waals surface area contributed by atoms with Gasteiger partial charge in [-0.15, -0.1) is 0 Å². The monoisotopic (exact) mass is 675 g/mol. The fourth-order valence-corrected chi connectivity index (χ4v) is 9.83. The molecule has 48 heavy (non-hydrogen) atoms. The average Bonchev–Trinajstić information content (AvgIpc) is 3.62. The topological polar surface area (TPSA) is 88.6 Å². The van der Waals surface area contributed by atoms with Crippen molar-refractivity contribution in [2.45, 2.75) is 68.9 Å². The summed E-state index contributed by atoms with van der Waals surface area (Å²) in [5.41, 5.74) is 3.64. The molecule has 9 nitrogen and oxygen atoms in total. The van der Waals surface area contributed by atoms with E-state index in [1.807, 2.05) is 35.2 Å². The second kappa shape index (κ2) is 15.0. The van der Waals surface area contributed by atoms with Gasteiger partial charge in [0.15, 0.2) is 0 Å². The summed E-state index contributed by atoms with van der Waals surface area (Å²) in [5.74, 6) is 0.537. The predicted octanol–water partition coefficient (Wildman–Crippen LogP) is 5.47. The van der Waals surface area contributed by atoms with Crippen molar-refractivity contribution in [3.8, 4) is 5.75 Å². The Hall–Kier alpha value is -3.44. The number of amides is 1. The minimum Gasteiger partial charge on any atom is -0.497 e. The predicted molar refractivity (Wildman–Crippen MR) is 187 cm³/mol. The molecule has 0 aromatic heterocycles. The minimum atomic E-state index is -3.95. The second-order valence-corrected chi connectivity index (χ2v) is 15.1. The van der Waals surface area contributed by atoms with Crippen LogP contribution in [0.4, 0.5) is 5.69 Å². The van der Waals surface area contributed by atoms with Crippen LogP contribution in [0.1, 0.15) is 54.4 Å². The third-order valence-corrected chi connectivity index (χ3v) is 12.4. The van der Waals surface area contributed by atoms with Gasteiger partial charge in [-0.1, -0.05) is 48.5 Å². The number of rotatable bonds is 12. The zero-order valence-electron chi connectivity index (χ0n) is 28.5.